The van der Waals surface area contributed by atoms with E-state index in [0.29, 0.717) is 22.2 Å². The minimum Gasteiger partial charge on any atom is -0.497 e. The standard InChI is InChI=1S/C15H17NO4S/c1-8(2)12-13(15(17)18)21-14(16-12)9-5-10(19-3)7-11(6-9)20-4/h5-8H,1-4H3,(H,17,18). The van der Waals surface area contributed by atoms with E-state index >= 15 is 0 Å². The Hall–Kier alpha value is -2.08. The van der Waals surface area contributed by atoms with E-state index in [1.807, 2.05) is 26.0 Å². The molecular weight excluding hydrogens is 290 g/mol. The number of aromatic nitrogens is 1. The Morgan fingerprint density at radius 1 is 1.19 bits per heavy atom. The molecule has 0 aliphatic carbocycles. The molecule has 0 aliphatic rings. The van der Waals surface area contributed by atoms with Crippen LogP contribution in [0, 0.1) is 0 Å². The molecule has 6 heteroatoms. The van der Waals surface area contributed by atoms with Gasteiger partial charge in [0.25, 0.3) is 0 Å². The molecule has 1 N–H and O–H groups in total. The molecule has 21 heavy (non-hydrogen) atoms. The van der Waals surface area contributed by atoms with Crippen molar-refractivity contribution in [3.63, 3.8) is 0 Å². The van der Waals surface area contributed by atoms with Gasteiger partial charge in [0.05, 0.1) is 19.9 Å². The molecule has 0 aliphatic heterocycles. The Kier molecular flexibility index (Phi) is 4.47. The molecule has 0 amide bonds. The van der Waals surface area contributed by atoms with Crippen LogP contribution in [0.1, 0.15) is 35.1 Å². The average Bonchev–Trinajstić information content (AvgIpc) is 2.92. The van der Waals surface area contributed by atoms with Crippen LogP contribution in [-0.2, 0) is 0 Å². The van der Waals surface area contributed by atoms with Crippen LogP contribution >= 0.6 is 11.3 Å². The van der Waals surface area contributed by atoms with Crippen LogP contribution in [0.5, 0.6) is 11.5 Å². The summed E-state index contributed by atoms with van der Waals surface area (Å²) in [5.74, 6) is 0.385. The molecule has 1 aromatic heterocycles. The number of methoxy groups -OCH3 is 2. The fourth-order valence-corrected chi connectivity index (χ4v) is 2.98. The maximum absolute atomic E-state index is 11.3. The Morgan fingerprint density at radius 2 is 1.76 bits per heavy atom. The molecule has 5 nitrogen and oxygen atoms in total. The number of nitrogens with zero attached hydrogens (tertiary/aromatic N) is 1. The van der Waals surface area contributed by atoms with Gasteiger partial charge < -0.3 is 14.6 Å². The Bertz CT molecular complexity index is 641. The number of benzene rings is 1. The Labute approximate surface area is 127 Å². The van der Waals surface area contributed by atoms with Gasteiger partial charge in [0, 0.05) is 11.6 Å². The van der Waals surface area contributed by atoms with Crippen LogP contribution in [0.3, 0.4) is 0 Å². The maximum atomic E-state index is 11.3. The lowest BCUT2D eigenvalue weighted by Gasteiger charge is -2.06. The number of hydrogen-bond donors (Lipinski definition) is 1. The highest BCUT2D eigenvalue weighted by molar-refractivity contribution is 7.17. The third-order valence-electron chi connectivity index (χ3n) is 2.99. The second-order valence-electron chi connectivity index (χ2n) is 4.79. The van der Waals surface area contributed by atoms with E-state index in [-0.39, 0.29) is 10.8 Å². The van der Waals surface area contributed by atoms with Gasteiger partial charge in [0.2, 0.25) is 0 Å². The summed E-state index contributed by atoms with van der Waals surface area (Å²) < 4.78 is 10.5. The number of carboxylic acid groups (broad SMARTS) is 1. The van der Waals surface area contributed by atoms with Crippen LogP contribution in [0.4, 0.5) is 0 Å². The minimum absolute atomic E-state index is 0.0496. The topological polar surface area (TPSA) is 68.7 Å². The first-order valence-corrected chi connectivity index (χ1v) is 7.25. The van der Waals surface area contributed by atoms with Gasteiger partial charge >= 0.3 is 5.97 Å². The van der Waals surface area contributed by atoms with Gasteiger partial charge in [0.15, 0.2) is 0 Å². The van der Waals surface area contributed by atoms with Crippen LogP contribution in [0.2, 0.25) is 0 Å². The second kappa shape index (κ2) is 6.13. The fourth-order valence-electron chi connectivity index (χ4n) is 1.93. The van der Waals surface area contributed by atoms with Crippen molar-refractivity contribution in [2.24, 2.45) is 0 Å². The number of aromatic carboxylic acids is 1. The Balaban J connectivity index is 2.56. The summed E-state index contributed by atoms with van der Waals surface area (Å²) in [5.41, 5.74) is 1.38. The zero-order valence-corrected chi connectivity index (χ0v) is 13.2. The van der Waals surface area contributed by atoms with Crippen molar-refractivity contribution in [2.75, 3.05) is 14.2 Å². The van der Waals surface area contributed by atoms with Gasteiger partial charge in [0.1, 0.15) is 21.4 Å². The zero-order chi connectivity index (χ0) is 15.6. The number of hydrogen-bond acceptors (Lipinski definition) is 5. The summed E-state index contributed by atoms with van der Waals surface area (Å²) in [7, 11) is 3.14. The van der Waals surface area contributed by atoms with Gasteiger partial charge in [-0.15, -0.1) is 11.3 Å². The molecule has 2 rings (SSSR count). The highest BCUT2D eigenvalue weighted by Gasteiger charge is 2.20. The zero-order valence-electron chi connectivity index (χ0n) is 12.3. The lowest BCUT2D eigenvalue weighted by atomic mass is 10.1. The van der Waals surface area contributed by atoms with E-state index in [9.17, 15) is 9.90 Å². The van der Waals surface area contributed by atoms with Crippen molar-refractivity contribution in [1.29, 1.82) is 0 Å². The summed E-state index contributed by atoms with van der Waals surface area (Å²) >= 11 is 1.17. The molecule has 112 valence electrons. The van der Waals surface area contributed by atoms with E-state index in [1.54, 1.807) is 20.3 Å². The average molecular weight is 307 g/mol. The predicted octanol–water partition coefficient (Wildman–Crippen LogP) is 3.65. The van der Waals surface area contributed by atoms with Crippen molar-refractivity contribution < 1.29 is 19.4 Å². The molecule has 0 atom stereocenters. The molecule has 0 radical (unpaired) electrons. The van der Waals surface area contributed by atoms with Crippen LogP contribution in [0.25, 0.3) is 10.6 Å². The quantitative estimate of drug-likeness (QED) is 0.913. The van der Waals surface area contributed by atoms with Crippen molar-refractivity contribution in [1.82, 2.24) is 4.98 Å². The third-order valence-corrected chi connectivity index (χ3v) is 4.10. The second-order valence-corrected chi connectivity index (χ2v) is 5.79. The molecule has 0 unspecified atom stereocenters. The molecule has 0 spiro atoms. The first-order valence-electron chi connectivity index (χ1n) is 6.43. The van der Waals surface area contributed by atoms with Gasteiger partial charge in [-0.05, 0) is 18.1 Å². The van der Waals surface area contributed by atoms with Crippen LogP contribution in [0.15, 0.2) is 18.2 Å². The molecule has 0 bridgehead atoms. The maximum Gasteiger partial charge on any atom is 0.347 e. The summed E-state index contributed by atoms with van der Waals surface area (Å²) in [6, 6.07) is 5.40. The van der Waals surface area contributed by atoms with Crippen LogP contribution < -0.4 is 9.47 Å². The van der Waals surface area contributed by atoms with Crippen molar-refractivity contribution in [3.8, 4) is 22.1 Å². The first kappa shape index (κ1) is 15.3. The normalized spacial score (nSPS) is 10.7. The third kappa shape index (κ3) is 3.16. The van der Waals surface area contributed by atoms with Crippen molar-refractivity contribution >= 4 is 17.3 Å². The monoisotopic (exact) mass is 307 g/mol. The first-order chi connectivity index (χ1) is 9.96. The molecule has 2 aromatic rings. The number of rotatable bonds is 5. The van der Waals surface area contributed by atoms with Crippen molar-refractivity contribution in [3.05, 3.63) is 28.8 Å². The molecule has 0 saturated heterocycles. The lowest BCUT2D eigenvalue weighted by Crippen LogP contribution is -2.00. The summed E-state index contributed by atoms with van der Waals surface area (Å²) in [6.45, 7) is 3.86. The molecule has 1 heterocycles. The van der Waals surface area contributed by atoms with Gasteiger partial charge in [-0.2, -0.15) is 0 Å². The highest BCUT2D eigenvalue weighted by Crippen LogP contribution is 2.35. The van der Waals surface area contributed by atoms with E-state index < -0.39 is 5.97 Å². The number of ether oxygens (including phenoxy) is 2. The molecule has 0 saturated carbocycles. The SMILES string of the molecule is COc1cc(OC)cc(-c2nc(C(C)C)c(C(=O)O)s2)c1. The Morgan fingerprint density at radius 3 is 2.14 bits per heavy atom. The van der Waals surface area contributed by atoms with Gasteiger partial charge in [-0.25, -0.2) is 9.78 Å². The number of thiazole rings is 1. The predicted molar refractivity (Wildman–Crippen MR) is 81.7 cm³/mol. The summed E-state index contributed by atoms with van der Waals surface area (Å²) in [5, 5.41) is 9.94. The van der Waals surface area contributed by atoms with Crippen LogP contribution in [-0.4, -0.2) is 30.3 Å². The largest absolute Gasteiger partial charge is 0.497 e. The smallest absolute Gasteiger partial charge is 0.347 e. The van der Waals surface area contributed by atoms with Gasteiger partial charge in [-0.1, -0.05) is 13.8 Å². The van der Waals surface area contributed by atoms with Gasteiger partial charge in [-0.3, -0.25) is 0 Å². The fraction of sp³-hybridized carbons (Fsp3) is 0.333. The molecular formula is C15H17NO4S. The summed E-state index contributed by atoms with van der Waals surface area (Å²) in [4.78, 5) is 16.1. The lowest BCUT2D eigenvalue weighted by molar-refractivity contribution is 0.0700. The van der Waals surface area contributed by atoms with E-state index in [1.165, 1.54) is 11.3 Å². The van der Waals surface area contributed by atoms with E-state index in [4.69, 9.17) is 9.47 Å². The minimum atomic E-state index is -0.947. The number of carbonyl (C=O) groups is 1. The van der Waals surface area contributed by atoms with E-state index in [2.05, 4.69) is 4.98 Å². The highest BCUT2D eigenvalue weighted by atomic mass is 32.1. The number of carboxylic acids is 1. The van der Waals surface area contributed by atoms with E-state index in [0.717, 1.165) is 5.56 Å². The van der Waals surface area contributed by atoms with Crippen molar-refractivity contribution in [2.45, 2.75) is 19.8 Å². The molecule has 0 fully saturated rings. The molecule has 1 aromatic carbocycles. The summed E-state index contributed by atoms with van der Waals surface area (Å²) in [6.07, 6.45) is 0.